The highest BCUT2D eigenvalue weighted by Crippen LogP contribution is 2.19. The summed E-state index contributed by atoms with van der Waals surface area (Å²) in [7, 11) is 0. The van der Waals surface area contributed by atoms with Crippen LogP contribution in [0.1, 0.15) is 19.8 Å². The SMILES string of the molecule is CC(=O)N1CCN(c2ccc(N3CCN(CC4CCCO4)CC3)nn2)CC1. The summed E-state index contributed by atoms with van der Waals surface area (Å²) in [6, 6.07) is 4.14. The van der Waals surface area contributed by atoms with E-state index in [0.717, 1.165) is 77.1 Å². The molecule has 3 aliphatic rings. The molecular formula is C19H30N6O2. The number of carbonyl (C=O) groups is 1. The number of rotatable bonds is 4. The Bertz CT molecular complexity index is 618. The van der Waals surface area contributed by atoms with Gasteiger partial charge in [-0.15, -0.1) is 10.2 Å². The van der Waals surface area contributed by atoms with Gasteiger partial charge in [-0.1, -0.05) is 0 Å². The summed E-state index contributed by atoms with van der Waals surface area (Å²) in [5.41, 5.74) is 0. The molecule has 0 aliphatic carbocycles. The van der Waals surface area contributed by atoms with Gasteiger partial charge in [-0.25, -0.2) is 0 Å². The van der Waals surface area contributed by atoms with E-state index >= 15 is 0 Å². The van der Waals surface area contributed by atoms with E-state index in [1.165, 1.54) is 12.8 Å². The van der Waals surface area contributed by atoms with Crippen LogP contribution >= 0.6 is 0 Å². The van der Waals surface area contributed by atoms with Crippen molar-refractivity contribution in [2.24, 2.45) is 0 Å². The molecule has 4 rings (SSSR count). The lowest BCUT2D eigenvalue weighted by Crippen LogP contribution is -2.49. The topological polar surface area (TPSA) is 65.0 Å². The molecule has 8 nitrogen and oxygen atoms in total. The fraction of sp³-hybridized carbons (Fsp3) is 0.737. The zero-order valence-corrected chi connectivity index (χ0v) is 16.2. The molecule has 0 N–H and O–H groups in total. The summed E-state index contributed by atoms with van der Waals surface area (Å²) >= 11 is 0. The summed E-state index contributed by atoms with van der Waals surface area (Å²) in [5, 5.41) is 8.92. The molecule has 1 aromatic rings. The molecular weight excluding hydrogens is 344 g/mol. The number of hydrogen-bond acceptors (Lipinski definition) is 7. The molecule has 0 bridgehead atoms. The second kappa shape index (κ2) is 8.39. The van der Waals surface area contributed by atoms with Crippen LogP contribution in [0.4, 0.5) is 11.6 Å². The van der Waals surface area contributed by atoms with Gasteiger partial charge < -0.3 is 19.4 Å². The Balaban J connectivity index is 1.26. The number of hydrogen-bond donors (Lipinski definition) is 0. The summed E-state index contributed by atoms with van der Waals surface area (Å²) in [5.74, 6) is 2.01. The Morgan fingerprint density at radius 3 is 2.07 bits per heavy atom. The van der Waals surface area contributed by atoms with Gasteiger partial charge in [-0.3, -0.25) is 9.69 Å². The Kier molecular flexibility index (Phi) is 5.73. The van der Waals surface area contributed by atoms with Crippen molar-refractivity contribution in [1.82, 2.24) is 20.0 Å². The molecule has 0 aromatic carbocycles. The maximum Gasteiger partial charge on any atom is 0.219 e. The van der Waals surface area contributed by atoms with Crippen LogP contribution in [0.3, 0.4) is 0 Å². The van der Waals surface area contributed by atoms with Gasteiger partial charge in [0.15, 0.2) is 11.6 Å². The number of amides is 1. The highest BCUT2D eigenvalue weighted by molar-refractivity contribution is 5.73. The van der Waals surface area contributed by atoms with Crippen molar-refractivity contribution in [3.63, 3.8) is 0 Å². The van der Waals surface area contributed by atoms with Crippen molar-refractivity contribution in [2.45, 2.75) is 25.9 Å². The second-order valence-corrected chi connectivity index (χ2v) is 7.67. The smallest absolute Gasteiger partial charge is 0.219 e. The first-order valence-electron chi connectivity index (χ1n) is 10.1. The van der Waals surface area contributed by atoms with Crippen molar-refractivity contribution in [2.75, 3.05) is 75.3 Å². The highest BCUT2D eigenvalue weighted by Gasteiger charge is 2.24. The van der Waals surface area contributed by atoms with Crippen molar-refractivity contribution < 1.29 is 9.53 Å². The van der Waals surface area contributed by atoms with Crippen LogP contribution in [0.5, 0.6) is 0 Å². The van der Waals surface area contributed by atoms with Crippen molar-refractivity contribution >= 4 is 17.5 Å². The minimum atomic E-state index is 0.148. The number of aromatic nitrogens is 2. The number of anilines is 2. The van der Waals surface area contributed by atoms with Crippen LogP contribution in [-0.2, 0) is 9.53 Å². The average Bonchev–Trinajstić information content (AvgIpc) is 3.22. The van der Waals surface area contributed by atoms with Gasteiger partial charge in [0.05, 0.1) is 6.10 Å². The molecule has 3 saturated heterocycles. The van der Waals surface area contributed by atoms with E-state index in [0.29, 0.717) is 6.10 Å². The Morgan fingerprint density at radius 1 is 1.00 bits per heavy atom. The van der Waals surface area contributed by atoms with Gasteiger partial charge in [0.1, 0.15) is 0 Å². The summed E-state index contributed by atoms with van der Waals surface area (Å²) in [6.45, 7) is 10.8. The first kappa shape index (κ1) is 18.4. The van der Waals surface area contributed by atoms with Crippen LogP contribution in [0.25, 0.3) is 0 Å². The molecule has 0 radical (unpaired) electrons. The van der Waals surface area contributed by atoms with Gasteiger partial charge in [0.25, 0.3) is 0 Å². The third kappa shape index (κ3) is 4.50. The van der Waals surface area contributed by atoms with Crippen molar-refractivity contribution in [1.29, 1.82) is 0 Å². The van der Waals surface area contributed by atoms with E-state index in [2.05, 4.69) is 37.0 Å². The zero-order valence-electron chi connectivity index (χ0n) is 16.2. The summed E-state index contributed by atoms with van der Waals surface area (Å²) in [6.07, 6.45) is 2.84. The maximum absolute atomic E-state index is 11.4. The van der Waals surface area contributed by atoms with Crippen molar-refractivity contribution in [3.8, 4) is 0 Å². The normalized spacial score (nSPS) is 24.5. The fourth-order valence-electron chi connectivity index (χ4n) is 4.14. The predicted molar refractivity (Wildman–Crippen MR) is 104 cm³/mol. The first-order valence-corrected chi connectivity index (χ1v) is 10.1. The Labute approximate surface area is 161 Å². The molecule has 1 amide bonds. The lowest BCUT2D eigenvalue weighted by molar-refractivity contribution is -0.129. The molecule has 1 aromatic heterocycles. The fourth-order valence-corrected chi connectivity index (χ4v) is 4.14. The maximum atomic E-state index is 11.4. The van der Waals surface area contributed by atoms with Crippen LogP contribution in [0, 0.1) is 0 Å². The molecule has 1 atom stereocenters. The number of ether oxygens (including phenoxy) is 1. The minimum Gasteiger partial charge on any atom is -0.377 e. The standard InChI is InChI=1S/C19H30N6O2/c1-16(26)23-10-12-25(13-11-23)19-5-4-18(20-21-19)24-8-6-22(7-9-24)15-17-3-2-14-27-17/h4-5,17H,2-3,6-15H2,1H3. The van der Waals surface area contributed by atoms with Crippen LogP contribution < -0.4 is 9.80 Å². The molecule has 4 heterocycles. The minimum absolute atomic E-state index is 0.148. The van der Waals surface area contributed by atoms with Gasteiger partial charge >= 0.3 is 0 Å². The van der Waals surface area contributed by atoms with Gasteiger partial charge in [-0.2, -0.15) is 0 Å². The van der Waals surface area contributed by atoms with E-state index in [-0.39, 0.29) is 5.91 Å². The highest BCUT2D eigenvalue weighted by atomic mass is 16.5. The molecule has 148 valence electrons. The quantitative estimate of drug-likeness (QED) is 0.758. The first-order chi connectivity index (χ1) is 13.2. The van der Waals surface area contributed by atoms with E-state index in [4.69, 9.17) is 4.74 Å². The van der Waals surface area contributed by atoms with E-state index in [1.54, 1.807) is 6.92 Å². The number of nitrogens with zero attached hydrogens (tertiary/aromatic N) is 6. The third-order valence-corrected chi connectivity index (χ3v) is 5.87. The lowest BCUT2D eigenvalue weighted by atomic mass is 10.2. The van der Waals surface area contributed by atoms with E-state index in [1.807, 2.05) is 4.90 Å². The van der Waals surface area contributed by atoms with Gasteiger partial charge in [0.2, 0.25) is 5.91 Å². The molecule has 1 unspecified atom stereocenters. The largest absolute Gasteiger partial charge is 0.377 e. The molecule has 27 heavy (non-hydrogen) atoms. The summed E-state index contributed by atoms with van der Waals surface area (Å²) in [4.78, 5) is 20.4. The monoisotopic (exact) mass is 374 g/mol. The lowest BCUT2D eigenvalue weighted by Gasteiger charge is -2.36. The van der Waals surface area contributed by atoms with Crippen LogP contribution in [-0.4, -0.2) is 97.5 Å². The third-order valence-electron chi connectivity index (χ3n) is 5.87. The zero-order chi connectivity index (χ0) is 18.6. The molecule has 3 fully saturated rings. The molecule has 8 heteroatoms. The predicted octanol–water partition coefficient (Wildman–Crippen LogP) is 0.446. The van der Waals surface area contributed by atoms with Gasteiger partial charge in [-0.05, 0) is 25.0 Å². The number of carbonyl (C=O) groups excluding carboxylic acids is 1. The summed E-state index contributed by atoms with van der Waals surface area (Å²) < 4.78 is 5.75. The van der Waals surface area contributed by atoms with Gasteiger partial charge in [0, 0.05) is 72.4 Å². The van der Waals surface area contributed by atoms with Crippen LogP contribution in [0.2, 0.25) is 0 Å². The Hall–Kier alpha value is -1.93. The molecule has 3 aliphatic heterocycles. The van der Waals surface area contributed by atoms with E-state index in [9.17, 15) is 4.79 Å². The van der Waals surface area contributed by atoms with Crippen LogP contribution in [0.15, 0.2) is 12.1 Å². The second-order valence-electron chi connectivity index (χ2n) is 7.67. The Morgan fingerprint density at radius 2 is 1.59 bits per heavy atom. The molecule has 0 saturated carbocycles. The van der Waals surface area contributed by atoms with E-state index < -0.39 is 0 Å². The average molecular weight is 374 g/mol. The van der Waals surface area contributed by atoms with Crippen molar-refractivity contribution in [3.05, 3.63) is 12.1 Å². The molecule has 0 spiro atoms. The number of piperazine rings is 2.